The molecule has 2 rings (SSSR count). The van der Waals surface area contributed by atoms with Gasteiger partial charge < -0.3 is 15.7 Å². The standard InChI is InChI=1S/C14H25N3O3/c1-2-10-3-5-14(20,6-4-10)9-17-13(19)11-7-16-12(18)8-15-11/h10-11,15,20H,2-9H2,1H3,(H,16,18)(H,17,19). The minimum Gasteiger partial charge on any atom is -0.388 e. The van der Waals surface area contributed by atoms with Crippen LogP contribution >= 0.6 is 0 Å². The molecule has 1 heterocycles. The van der Waals surface area contributed by atoms with Gasteiger partial charge in [0.05, 0.1) is 12.1 Å². The summed E-state index contributed by atoms with van der Waals surface area (Å²) in [6, 6.07) is -0.400. The summed E-state index contributed by atoms with van der Waals surface area (Å²) >= 11 is 0. The topological polar surface area (TPSA) is 90.5 Å². The molecule has 2 amide bonds. The van der Waals surface area contributed by atoms with Crippen molar-refractivity contribution in [1.29, 1.82) is 0 Å². The van der Waals surface area contributed by atoms with Gasteiger partial charge in [-0.3, -0.25) is 14.9 Å². The fourth-order valence-corrected chi connectivity index (χ4v) is 2.93. The Morgan fingerprint density at radius 1 is 1.45 bits per heavy atom. The van der Waals surface area contributed by atoms with E-state index < -0.39 is 11.6 Å². The van der Waals surface area contributed by atoms with Gasteiger partial charge in [-0.1, -0.05) is 13.3 Å². The van der Waals surface area contributed by atoms with E-state index in [0.29, 0.717) is 19.0 Å². The van der Waals surface area contributed by atoms with Crippen molar-refractivity contribution in [3.8, 4) is 0 Å². The second-order valence-electron chi connectivity index (χ2n) is 6.03. The number of piperazine rings is 1. The van der Waals surface area contributed by atoms with Crippen molar-refractivity contribution in [1.82, 2.24) is 16.0 Å². The molecule has 0 aromatic rings. The Labute approximate surface area is 119 Å². The van der Waals surface area contributed by atoms with Gasteiger partial charge in [-0.15, -0.1) is 0 Å². The number of amides is 2. The van der Waals surface area contributed by atoms with Crippen LogP contribution in [0.2, 0.25) is 0 Å². The maximum absolute atomic E-state index is 12.0. The molecule has 114 valence electrons. The van der Waals surface area contributed by atoms with Gasteiger partial charge in [0.25, 0.3) is 0 Å². The molecule has 1 saturated heterocycles. The first-order valence-corrected chi connectivity index (χ1v) is 7.52. The maximum Gasteiger partial charge on any atom is 0.239 e. The van der Waals surface area contributed by atoms with Gasteiger partial charge in [-0.25, -0.2) is 0 Å². The molecule has 1 atom stereocenters. The minimum atomic E-state index is -0.765. The van der Waals surface area contributed by atoms with Crippen molar-refractivity contribution in [3.05, 3.63) is 0 Å². The first kappa shape index (κ1) is 15.3. The zero-order chi connectivity index (χ0) is 14.6. The average Bonchev–Trinajstić information content (AvgIpc) is 2.46. The van der Waals surface area contributed by atoms with E-state index in [1.54, 1.807) is 0 Å². The first-order valence-electron chi connectivity index (χ1n) is 7.52. The zero-order valence-electron chi connectivity index (χ0n) is 12.1. The van der Waals surface area contributed by atoms with Gasteiger partial charge >= 0.3 is 0 Å². The van der Waals surface area contributed by atoms with Crippen molar-refractivity contribution < 1.29 is 14.7 Å². The molecule has 20 heavy (non-hydrogen) atoms. The summed E-state index contributed by atoms with van der Waals surface area (Å²) in [6.07, 6.45) is 4.72. The molecule has 2 fully saturated rings. The highest BCUT2D eigenvalue weighted by atomic mass is 16.3. The van der Waals surface area contributed by atoms with Crippen LogP contribution in [0.5, 0.6) is 0 Å². The van der Waals surface area contributed by atoms with Crippen molar-refractivity contribution >= 4 is 11.8 Å². The number of nitrogens with one attached hydrogen (secondary N) is 3. The monoisotopic (exact) mass is 283 g/mol. The summed E-state index contributed by atoms with van der Waals surface area (Å²) in [5, 5.41) is 18.8. The molecule has 0 spiro atoms. The number of hydrogen-bond donors (Lipinski definition) is 4. The lowest BCUT2D eigenvalue weighted by atomic mass is 9.78. The Bertz CT molecular complexity index is 355. The second-order valence-corrected chi connectivity index (χ2v) is 6.03. The lowest BCUT2D eigenvalue weighted by molar-refractivity contribution is -0.127. The van der Waals surface area contributed by atoms with Crippen molar-refractivity contribution in [2.75, 3.05) is 19.6 Å². The third-order valence-corrected chi connectivity index (χ3v) is 4.53. The van der Waals surface area contributed by atoms with Crippen LogP contribution in [-0.2, 0) is 9.59 Å². The predicted molar refractivity (Wildman–Crippen MR) is 75.0 cm³/mol. The Balaban J connectivity index is 1.74. The first-order chi connectivity index (χ1) is 9.52. The van der Waals surface area contributed by atoms with Gasteiger partial charge in [0, 0.05) is 13.1 Å². The molecule has 6 nitrogen and oxygen atoms in total. The number of carbonyl (C=O) groups is 2. The second kappa shape index (κ2) is 6.54. The van der Waals surface area contributed by atoms with E-state index in [-0.39, 0.29) is 18.4 Å². The van der Waals surface area contributed by atoms with Gasteiger partial charge in [-0.2, -0.15) is 0 Å². The van der Waals surface area contributed by atoms with Crippen molar-refractivity contribution in [2.45, 2.75) is 50.7 Å². The molecule has 1 saturated carbocycles. The van der Waals surface area contributed by atoms with E-state index in [9.17, 15) is 14.7 Å². The largest absolute Gasteiger partial charge is 0.388 e. The SMILES string of the molecule is CCC1CCC(O)(CNC(=O)C2CNC(=O)CN2)CC1. The summed E-state index contributed by atoms with van der Waals surface area (Å²) < 4.78 is 0. The lowest BCUT2D eigenvalue weighted by Crippen LogP contribution is -2.59. The third kappa shape index (κ3) is 3.93. The molecular weight excluding hydrogens is 258 g/mol. The van der Waals surface area contributed by atoms with Crippen LogP contribution in [0, 0.1) is 5.92 Å². The highest BCUT2D eigenvalue weighted by Gasteiger charge is 2.34. The van der Waals surface area contributed by atoms with Gasteiger partial charge in [0.1, 0.15) is 6.04 Å². The number of carbonyl (C=O) groups excluding carboxylic acids is 2. The normalized spacial score (nSPS) is 34.4. The van der Waals surface area contributed by atoms with Gasteiger partial charge in [-0.05, 0) is 31.6 Å². The smallest absolute Gasteiger partial charge is 0.239 e. The van der Waals surface area contributed by atoms with Crippen LogP contribution in [0.4, 0.5) is 0 Å². The molecular formula is C14H25N3O3. The number of aliphatic hydroxyl groups is 1. The summed E-state index contributed by atoms with van der Waals surface area (Å²) in [5.74, 6) is 0.461. The van der Waals surface area contributed by atoms with Crippen LogP contribution < -0.4 is 16.0 Å². The Morgan fingerprint density at radius 2 is 2.15 bits per heavy atom. The van der Waals surface area contributed by atoms with E-state index in [1.807, 2.05) is 0 Å². The molecule has 6 heteroatoms. The lowest BCUT2D eigenvalue weighted by Gasteiger charge is -2.36. The van der Waals surface area contributed by atoms with Gasteiger partial charge in [0.2, 0.25) is 11.8 Å². The van der Waals surface area contributed by atoms with E-state index in [4.69, 9.17) is 0 Å². The third-order valence-electron chi connectivity index (χ3n) is 4.53. The molecule has 0 radical (unpaired) electrons. The Morgan fingerprint density at radius 3 is 2.70 bits per heavy atom. The molecule has 4 N–H and O–H groups in total. The molecule has 1 unspecified atom stereocenters. The summed E-state index contributed by atoms with van der Waals surface area (Å²) in [6.45, 7) is 2.95. The van der Waals surface area contributed by atoms with E-state index in [2.05, 4.69) is 22.9 Å². The summed E-state index contributed by atoms with van der Waals surface area (Å²) in [5.41, 5.74) is -0.765. The van der Waals surface area contributed by atoms with E-state index in [0.717, 1.165) is 32.1 Å². The Kier molecular flexibility index (Phi) is 4.99. The fraction of sp³-hybridized carbons (Fsp3) is 0.857. The maximum atomic E-state index is 12.0. The highest BCUT2D eigenvalue weighted by Crippen LogP contribution is 2.33. The molecule has 0 aromatic heterocycles. The average molecular weight is 283 g/mol. The minimum absolute atomic E-state index is 0.0921. The van der Waals surface area contributed by atoms with Crippen molar-refractivity contribution in [2.24, 2.45) is 5.92 Å². The van der Waals surface area contributed by atoms with Crippen molar-refractivity contribution in [3.63, 3.8) is 0 Å². The summed E-state index contributed by atoms with van der Waals surface area (Å²) in [4.78, 5) is 23.0. The molecule has 2 aliphatic rings. The predicted octanol–water partition coefficient (Wildman–Crippen LogP) is -0.478. The van der Waals surface area contributed by atoms with E-state index >= 15 is 0 Å². The van der Waals surface area contributed by atoms with E-state index in [1.165, 1.54) is 0 Å². The fourth-order valence-electron chi connectivity index (χ4n) is 2.93. The van der Waals surface area contributed by atoms with Crippen LogP contribution in [0.25, 0.3) is 0 Å². The molecule has 0 bridgehead atoms. The number of hydrogen-bond acceptors (Lipinski definition) is 4. The Hall–Kier alpha value is -1.14. The molecule has 0 aromatic carbocycles. The summed E-state index contributed by atoms with van der Waals surface area (Å²) in [7, 11) is 0. The van der Waals surface area contributed by atoms with Gasteiger partial charge in [0.15, 0.2) is 0 Å². The quantitative estimate of drug-likeness (QED) is 0.561. The number of rotatable bonds is 4. The van der Waals surface area contributed by atoms with Crippen LogP contribution in [0.3, 0.4) is 0 Å². The molecule has 1 aliphatic carbocycles. The van der Waals surface area contributed by atoms with Crippen LogP contribution in [-0.4, -0.2) is 48.2 Å². The molecule has 1 aliphatic heterocycles. The van der Waals surface area contributed by atoms with Crippen LogP contribution in [0.15, 0.2) is 0 Å². The zero-order valence-corrected chi connectivity index (χ0v) is 12.1. The van der Waals surface area contributed by atoms with Crippen LogP contribution in [0.1, 0.15) is 39.0 Å². The highest BCUT2D eigenvalue weighted by molar-refractivity contribution is 5.86.